The van der Waals surface area contributed by atoms with Gasteiger partial charge in [-0.05, 0) is 23.3 Å². The number of hydrogen-bond acceptors (Lipinski definition) is 1. The number of rotatable bonds is 3. The minimum absolute atomic E-state index is 0.253. The molecule has 0 aliphatic carbocycles. The van der Waals surface area contributed by atoms with Crippen molar-refractivity contribution in [3.63, 3.8) is 0 Å². The van der Waals surface area contributed by atoms with Crippen molar-refractivity contribution in [2.24, 2.45) is 0 Å². The third-order valence-corrected chi connectivity index (χ3v) is 3.34. The monoisotopic (exact) mass is 348 g/mol. The lowest BCUT2D eigenvalue weighted by Crippen LogP contribution is -2.16. The van der Waals surface area contributed by atoms with E-state index in [-0.39, 0.29) is 11.1 Å². The minimum Gasteiger partial charge on any atom is -0.481 e. The van der Waals surface area contributed by atoms with Crippen molar-refractivity contribution < 1.29 is 36.2 Å². The first kappa shape index (κ1) is 17.8. The molecule has 2 aromatic rings. The first-order valence-corrected chi connectivity index (χ1v) is 6.57. The number of hydrogen-bond donors (Lipinski definition) is 1. The van der Waals surface area contributed by atoms with E-state index in [4.69, 9.17) is 0 Å². The molecule has 0 saturated carbocycles. The number of alkyl halides is 6. The number of benzene rings is 2. The Bertz CT molecular complexity index is 691. The maximum absolute atomic E-state index is 12.8. The van der Waals surface area contributed by atoms with Gasteiger partial charge in [-0.2, -0.15) is 26.3 Å². The van der Waals surface area contributed by atoms with Crippen LogP contribution in [0.4, 0.5) is 26.3 Å². The SMILES string of the molecule is O=C(O)C(c1cccc(C(F)(F)F)c1)c1cccc(C(F)(F)F)c1. The maximum Gasteiger partial charge on any atom is 0.416 e. The van der Waals surface area contributed by atoms with Crippen LogP contribution < -0.4 is 0 Å². The summed E-state index contributed by atoms with van der Waals surface area (Å²) >= 11 is 0. The van der Waals surface area contributed by atoms with Gasteiger partial charge in [-0.25, -0.2) is 0 Å². The summed E-state index contributed by atoms with van der Waals surface area (Å²) in [5.41, 5.74) is -2.65. The molecular formula is C16H10F6O2. The predicted octanol–water partition coefficient (Wildman–Crippen LogP) is 4.94. The molecule has 0 heterocycles. The van der Waals surface area contributed by atoms with Crippen molar-refractivity contribution in [1.82, 2.24) is 0 Å². The molecule has 8 heteroatoms. The summed E-state index contributed by atoms with van der Waals surface area (Å²) in [7, 11) is 0. The Morgan fingerprint density at radius 1 is 0.792 bits per heavy atom. The van der Waals surface area contributed by atoms with Gasteiger partial charge in [0.15, 0.2) is 0 Å². The lowest BCUT2D eigenvalue weighted by atomic mass is 9.89. The van der Waals surface area contributed by atoms with E-state index in [1.807, 2.05) is 0 Å². The highest BCUT2D eigenvalue weighted by molar-refractivity contribution is 5.80. The summed E-state index contributed by atoms with van der Waals surface area (Å²) in [6, 6.07) is 7.06. The van der Waals surface area contributed by atoms with Crippen LogP contribution in [-0.4, -0.2) is 11.1 Å². The fourth-order valence-corrected chi connectivity index (χ4v) is 2.27. The van der Waals surface area contributed by atoms with Gasteiger partial charge < -0.3 is 5.11 Å². The molecule has 0 bridgehead atoms. The van der Waals surface area contributed by atoms with E-state index in [1.165, 1.54) is 0 Å². The van der Waals surface area contributed by atoms with Crippen LogP contribution >= 0.6 is 0 Å². The smallest absolute Gasteiger partial charge is 0.416 e. The molecule has 0 unspecified atom stereocenters. The molecule has 2 aromatic carbocycles. The van der Waals surface area contributed by atoms with Gasteiger partial charge in [0.2, 0.25) is 0 Å². The normalized spacial score (nSPS) is 12.5. The van der Waals surface area contributed by atoms with E-state index in [1.54, 1.807) is 0 Å². The molecule has 1 N–H and O–H groups in total. The van der Waals surface area contributed by atoms with E-state index >= 15 is 0 Å². The lowest BCUT2D eigenvalue weighted by molar-refractivity contribution is -0.140. The predicted molar refractivity (Wildman–Crippen MR) is 72.4 cm³/mol. The van der Waals surface area contributed by atoms with Gasteiger partial charge in [-0.3, -0.25) is 4.79 Å². The van der Waals surface area contributed by atoms with Crippen LogP contribution in [0.15, 0.2) is 48.5 Å². The Hall–Kier alpha value is -2.51. The highest BCUT2D eigenvalue weighted by atomic mass is 19.4. The minimum atomic E-state index is -4.69. The van der Waals surface area contributed by atoms with Crippen molar-refractivity contribution in [3.05, 3.63) is 70.8 Å². The van der Waals surface area contributed by atoms with Crippen LogP contribution in [0.3, 0.4) is 0 Å². The zero-order chi connectivity index (χ0) is 18.1. The molecule has 2 rings (SSSR count). The summed E-state index contributed by atoms with van der Waals surface area (Å²) in [6.07, 6.45) is -9.38. The third kappa shape index (κ3) is 3.87. The van der Waals surface area contributed by atoms with Crippen molar-refractivity contribution in [2.45, 2.75) is 18.3 Å². The molecule has 24 heavy (non-hydrogen) atoms. The van der Waals surface area contributed by atoms with Crippen molar-refractivity contribution >= 4 is 5.97 Å². The largest absolute Gasteiger partial charge is 0.481 e. The Balaban J connectivity index is 2.54. The number of carboxylic acid groups (broad SMARTS) is 1. The van der Waals surface area contributed by atoms with Gasteiger partial charge >= 0.3 is 18.3 Å². The molecule has 0 spiro atoms. The topological polar surface area (TPSA) is 37.3 Å². The first-order valence-electron chi connectivity index (χ1n) is 6.57. The number of halogens is 6. The Labute approximate surface area is 132 Å². The quantitative estimate of drug-likeness (QED) is 0.798. The van der Waals surface area contributed by atoms with Crippen LogP contribution in [0.1, 0.15) is 28.2 Å². The molecule has 0 aromatic heterocycles. The Morgan fingerprint density at radius 3 is 1.46 bits per heavy atom. The molecule has 0 aliphatic rings. The Kier molecular flexibility index (Phi) is 4.59. The van der Waals surface area contributed by atoms with E-state index in [9.17, 15) is 36.2 Å². The van der Waals surface area contributed by atoms with Gasteiger partial charge in [0.25, 0.3) is 0 Å². The molecular weight excluding hydrogens is 338 g/mol. The van der Waals surface area contributed by atoms with Gasteiger partial charge in [0.05, 0.1) is 11.1 Å². The van der Waals surface area contributed by atoms with E-state index in [0.29, 0.717) is 12.1 Å². The molecule has 0 radical (unpaired) electrons. The summed E-state index contributed by atoms with van der Waals surface area (Å²) in [5, 5.41) is 9.31. The molecule has 0 atom stereocenters. The zero-order valence-electron chi connectivity index (χ0n) is 11.8. The van der Waals surface area contributed by atoms with Crippen LogP contribution in [0.5, 0.6) is 0 Å². The van der Waals surface area contributed by atoms with Crippen molar-refractivity contribution in [2.75, 3.05) is 0 Å². The fraction of sp³-hybridized carbons (Fsp3) is 0.188. The van der Waals surface area contributed by atoms with Crippen molar-refractivity contribution in [1.29, 1.82) is 0 Å². The highest BCUT2D eigenvalue weighted by Gasteiger charge is 2.34. The van der Waals surface area contributed by atoms with Gasteiger partial charge in [0.1, 0.15) is 5.92 Å². The fourth-order valence-electron chi connectivity index (χ4n) is 2.27. The van der Waals surface area contributed by atoms with Crippen molar-refractivity contribution in [3.8, 4) is 0 Å². The lowest BCUT2D eigenvalue weighted by Gasteiger charge is -2.17. The van der Waals surface area contributed by atoms with Crippen LogP contribution in [0.2, 0.25) is 0 Å². The Morgan fingerprint density at radius 2 is 1.17 bits per heavy atom. The molecule has 0 saturated heterocycles. The summed E-state index contributed by atoms with van der Waals surface area (Å²) < 4.78 is 76.6. The standard InChI is InChI=1S/C16H10F6O2/c17-15(18,19)11-5-1-3-9(7-11)13(14(23)24)10-4-2-6-12(8-10)16(20,21)22/h1-8,13H,(H,23,24). The zero-order valence-corrected chi connectivity index (χ0v) is 11.8. The molecule has 0 aliphatic heterocycles. The second-order valence-corrected chi connectivity index (χ2v) is 5.02. The van der Waals surface area contributed by atoms with E-state index in [0.717, 1.165) is 36.4 Å². The summed E-state index contributed by atoms with van der Waals surface area (Å²) in [5.74, 6) is -3.19. The summed E-state index contributed by atoms with van der Waals surface area (Å²) in [4.78, 5) is 11.5. The van der Waals surface area contributed by atoms with Gasteiger partial charge in [-0.1, -0.05) is 36.4 Å². The number of carboxylic acids is 1. The van der Waals surface area contributed by atoms with E-state index in [2.05, 4.69) is 0 Å². The van der Waals surface area contributed by atoms with E-state index < -0.39 is 35.4 Å². The molecule has 128 valence electrons. The second kappa shape index (κ2) is 6.18. The van der Waals surface area contributed by atoms with Crippen LogP contribution in [0, 0.1) is 0 Å². The maximum atomic E-state index is 12.8. The molecule has 2 nitrogen and oxygen atoms in total. The number of aliphatic carboxylic acids is 1. The average Bonchev–Trinajstić information content (AvgIpc) is 2.46. The average molecular weight is 348 g/mol. The first-order chi connectivity index (χ1) is 11.0. The second-order valence-electron chi connectivity index (χ2n) is 5.02. The number of carbonyl (C=O) groups is 1. The summed E-state index contributed by atoms with van der Waals surface area (Å²) in [6.45, 7) is 0. The van der Waals surface area contributed by atoms with Crippen LogP contribution in [-0.2, 0) is 17.1 Å². The highest BCUT2D eigenvalue weighted by Crippen LogP contribution is 2.35. The molecule has 0 amide bonds. The third-order valence-electron chi connectivity index (χ3n) is 3.34. The van der Waals surface area contributed by atoms with Gasteiger partial charge in [0, 0.05) is 0 Å². The molecule has 0 fully saturated rings. The van der Waals surface area contributed by atoms with Crippen LogP contribution in [0.25, 0.3) is 0 Å². The van der Waals surface area contributed by atoms with Gasteiger partial charge in [-0.15, -0.1) is 0 Å².